The second-order valence-corrected chi connectivity index (χ2v) is 6.61. The monoisotopic (exact) mass is 345 g/mol. The van der Waals surface area contributed by atoms with Crippen LogP contribution in [-0.4, -0.2) is 11.6 Å². The van der Waals surface area contributed by atoms with Gasteiger partial charge in [0.05, 0.1) is 12.3 Å². The second-order valence-electron chi connectivity index (χ2n) is 6.61. The van der Waals surface area contributed by atoms with Gasteiger partial charge in [0.15, 0.2) is 0 Å². The number of nitrogens with zero attached hydrogens (tertiary/aromatic N) is 1. The van der Waals surface area contributed by atoms with Crippen LogP contribution < -0.4 is 4.74 Å². The summed E-state index contributed by atoms with van der Waals surface area (Å²) in [6.45, 7) is 5.15. The van der Waals surface area contributed by atoms with Gasteiger partial charge in [0.2, 0.25) is 0 Å². The van der Waals surface area contributed by atoms with E-state index in [1.807, 2.05) is 18.3 Å². The van der Waals surface area contributed by atoms with Gasteiger partial charge in [-0.1, -0.05) is 69.2 Å². The van der Waals surface area contributed by atoms with Crippen LogP contribution in [0.4, 0.5) is 0 Å². The number of unbranched alkanes of at least 4 members (excludes halogenated alkanes) is 1. The maximum absolute atomic E-state index is 5.73. The van der Waals surface area contributed by atoms with Crippen LogP contribution in [0.15, 0.2) is 66.9 Å². The summed E-state index contributed by atoms with van der Waals surface area (Å²) in [5.41, 5.74) is 5.88. The largest absolute Gasteiger partial charge is 0.494 e. The predicted octanol–water partition coefficient (Wildman–Crippen LogP) is 6.55. The van der Waals surface area contributed by atoms with E-state index in [0.717, 1.165) is 49.3 Å². The van der Waals surface area contributed by atoms with Crippen molar-refractivity contribution in [2.24, 2.45) is 0 Å². The number of rotatable bonds is 8. The molecule has 0 N–H and O–H groups in total. The number of ether oxygens (including phenoxy) is 1. The number of hydrogen-bond acceptors (Lipinski definition) is 2. The van der Waals surface area contributed by atoms with E-state index < -0.39 is 0 Å². The number of aryl methyl sites for hydroxylation is 1. The molecule has 2 aromatic carbocycles. The van der Waals surface area contributed by atoms with Gasteiger partial charge in [-0.15, -0.1) is 0 Å². The third kappa shape index (κ3) is 4.72. The zero-order valence-corrected chi connectivity index (χ0v) is 15.7. The smallest absolute Gasteiger partial charge is 0.119 e. The summed E-state index contributed by atoms with van der Waals surface area (Å²) in [7, 11) is 0. The normalized spacial score (nSPS) is 10.7. The minimum absolute atomic E-state index is 0.786. The first-order valence-electron chi connectivity index (χ1n) is 9.58. The standard InChI is InChI=1S/C24H27NO/c1-3-5-17-26-23-14-12-21(13-15-23)20-8-10-22(11-9-20)24-16-7-19(6-4-2)18-25-24/h7-16,18H,3-6,17H2,1-2H3. The second kappa shape index (κ2) is 9.19. The molecule has 3 aromatic rings. The van der Waals surface area contributed by atoms with E-state index in [2.05, 4.69) is 67.4 Å². The fourth-order valence-electron chi connectivity index (χ4n) is 2.94. The molecule has 0 saturated carbocycles. The number of aromatic nitrogens is 1. The average Bonchev–Trinajstić information content (AvgIpc) is 2.70. The molecule has 0 aliphatic heterocycles. The maximum atomic E-state index is 5.73. The summed E-state index contributed by atoms with van der Waals surface area (Å²) >= 11 is 0. The van der Waals surface area contributed by atoms with Crippen LogP contribution in [0.3, 0.4) is 0 Å². The van der Waals surface area contributed by atoms with Crippen molar-refractivity contribution < 1.29 is 4.74 Å². The van der Waals surface area contributed by atoms with Crippen molar-refractivity contribution in [2.45, 2.75) is 39.5 Å². The van der Waals surface area contributed by atoms with Crippen LogP contribution in [0.5, 0.6) is 5.75 Å². The zero-order chi connectivity index (χ0) is 18.2. The lowest BCUT2D eigenvalue weighted by molar-refractivity contribution is 0.309. The van der Waals surface area contributed by atoms with Gasteiger partial charge in [-0.2, -0.15) is 0 Å². The Morgan fingerprint density at radius 1 is 0.731 bits per heavy atom. The van der Waals surface area contributed by atoms with Crippen LogP contribution in [0.25, 0.3) is 22.4 Å². The van der Waals surface area contributed by atoms with Gasteiger partial charge in [0.1, 0.15) is 5.75 Å². The fourth-order valence-corrected chi connectivity index (χ4v) is 2.94. The summed E-state index contributed by atoms with van der Waals surface area (Å²) in [6.07, 6.45) is 6.48. The number of benzene rings is 2. The molecule has 0 saturated heterocycles. The van der Waals surface area contributed by atoms with E-state index in [4.69, 9.17) is 4.74 Å². The first-order valence-corrected chi connectivity index (χ1v) is 9.58. The molecule has 1 heterocycles. The molecular weight excluding hydrogens is 318 g/mol. The SMILES string of the molecule is CCCCOc1ccc(-c2ccc(-c3ccc(CCC)cn3)cc2)cc1. The molecule has 1 aromatic heterocycles. The first kappa shape index (κ1) is 18.2. The highest BCUT2D eigenvalue weighted by Crippen LogP contribution is 2.25. The van der Waals surface area contributed by atoms with E-state index in [1.54, 1.807) is 0 Å². The third-order valence-electron chi connectivity index (χ3n) is 4.50. The molecule has 0 unspecified atom stereocenters. The molecule has 0 aliphatic rings. The minimum atomic E-state index is 0.786. The molecule has 0 bridgehead atoms. The van der Waals surface area contributed by atoms with Gasteiger partial charge >= 0.3 is 0 Å². The molecule has 0 atom stereocenters. The third-order valence-corrected chi connectivity index (χ3v) is 4.50. The van der Waals surface area contributed by atoms with Crippen molar-refractivity contribution in [3.8, 4) is 28.1 Å². The van der Waals surface area contributed by atoms with E-state index in [9.17, 15) is 0 Å². The Labute approximate surface area is 156 Å². The average molecular weight is 345 g/mol. The molecule has 2 nitrogen and oxygen atoms in total. The lowest BCUT2D eigenvalue weighted by atomic mass is 10.0. The van der Waals surface area contributed by atoms with Gasteiger partial charge in [-0.25, -0.2) is 0 Å². The van der Waals surface area contributed by atoms with E-state index in [0.29, 0.717) is 0 Å². The summed E-state index contributed by atoms with van der Waals surface area (Å²) < 4.78 is 5.73. The summed E-state index contributed by atoms with van der Waals surface area (Å²) in [4.78, 5) is 4.60. The minimum Gasteiger partial charge on any atom is -0.494 e. The summed E-state index contributed by atoms with van der Waals surface area (Å²) in [6, 6.07) is 21.2. The molecule has 0 spiro atoms. The Balaban J connectivity index is 1.68. The van der Waals surface area contributed by atoms with E-state index in [-0.39, 0.29) is 0 Å². The van der Waals surface area contributed by atoms with Crippen LogP contribution in [0, 0.1) is 0 Å². The Kier molecular flexibility index (Phi) is 6.43. The molecule has 0 amide bonds. The van der Waals surface area contributed by atoms with Gasteiger partial charge in [0, 0.05) is 11.8 Å². The number of hydrogen-bond donors (Lipinski definition) is 0. The molecule has 0 fully saturated rings. The highest BCUT2D eigenvalue weighted by molar-refractivity contribution is 5.69. The molecule has 0 aliphatic carbocycles. The molecular formula is C24H27NO. The van der Waals surface area contributed by atoms with Crippen LogP contribution in [0.1, 0.15) is 38.7 Å². The molecule has 134 valence electrons. The van der Waals surface area contributed by atoms with Gasteiger partial charge < -0.3 is 4.74 Å². The highest BCUT2D eigenvalue weighted by Gasteiger charge is 2.03. The van der Waals surface area contributed by atoms with Crippen LogP contribution >= 0.6 is 0 Å². The predicted molar refractivity (Wildman–Crippen MR) is 110 cm³/mol. The molecule has 2 heteroatoms. The lowest BCUT2D eigenvalue weighted by Gasteiger charge is -2.08. The van der Waals surface area contributed by atoms with Gasteiger partial charge in [-0.3, -0.25) is 4.98 Å². The van der Waals surface area contributed by atoms with Crippen molar-refractivity contribution in [1.29, 1.82) is 0 Å². The van der Waals surface area contributed by atoms with E-state index >= 15 is 0 Å². The highest BCUT2D eigenvalue weighted by atomic mass is 16.5. The summed E-state index contributed by atoms with van der Waals surface area (Å²) in [5, 5.41) is 0. The maximum Gasteiger partial charge on any atom is 0.119 e. The lowest BCUT2D eigenvalue weighted by Crippen LogP contribution is -1.95. The molecule has 26 heavy (non-hydrogen) atoms. The Morgan fingerprint density at radius 3 is 1.96 bits per heavy atom. The van der Waals surface area contributed by atoms with Crippen molar-refractivity contribution in [3.05, 3.63) is 72.4 Å². The van der Waals surface area contributed by atoms with Gasteiger partial charge in [0.25, 0.3) is 0 Å². The van der Waals surface area contributed by atoms with Gasteiger partial charge in [-0.05, 0) is 47.7 Å². The molecule has 3 rings (SSSR count). The van der Waals surface area contributed by atoms with Crippen molar-refractivity contribution in [3.63, 3.8) is 0 Å². The van der Waals surface area contributed by atoms with Crippen LogP contribution in [-0.2, 0) is 6.42 Å². The van der Waals surface area contributed by atoms with Crippen molar-refractivity contribution >= 4 is 0 Å². The zero-order valence-electron chi connectivity index (χ0n) is 15.7. The quantitative estimate of drug-likeness (QED) is 0.432. The van der Waals surface area contributed by atoms with Crippen molar-refractivity contribution in [2.75, 3.05) is 6.61 Å². The topological polar surface area (TPSA) is 22.1 Å². The van der Waals surface area contributed by atoms with Crippen molar-refractivity contribution in [1.82, 2.24) is 4.98 Å². The summed E-state index contributed by atoms with van der Waals surface area (Å²) in [5.74, 6) is 0.940. The first-order chi connectivity index (χ1) is 12.8. The Hall–Kier alpha value is -2.61. The Morgan fingerprint density at radius 2 is 1.38 bits per heavy atom. The number of pyridine rings is 1. The molecule has 0 radical (unpaired) electrons. The van der Waals surface area contributed by atoms with Crippen LogP contribution in [0.2, 0.25) is 0 Å². The fraction of sp³-hybridized carbons (Fsp3) is 0.292. The Bertz CT molecular complexity index is 789. The van der Waals surface area contributed by atoms with E-state index in [1.165, 1.54) is 16.7 Å².